The molecule has 0 aromatic carbocycles. The number of anilines is 1. The molecule has 0 saturated carbocycles. The summed E-state index contributed by atoms with van der Waals surface area (Å²) in [6, 6.07) is 2.20. The molecular weight excluding hydrogens is 302 g/mol. The second-order valence-corrected chi connectivity index (χ2v) is 6.29. The van der Waals surface area contributed by atoms with Gasteiger partial charge in [-0.05, 0) is 39.0 Å². The fourth-order valence-electron chi connectivity index (χ4n) is 3.35. The predicted octanol–water partition coefficient (Wildman–Crippen LogP) is 3.14. The van der Waals surface area contributed by atoms with Crippen LogP contribution in [0.2, 0.25) is 0 Å². The molecule has 6 heteroatoms. The van der Waals surface area contributed by atoms with Gasteiger partial charge in [0.05, 0.1) is 6.04 Å². The van der Waals surface area contributed by atoms with Gasteiger partial charge in [0.2, 0.25) is 0 Å². The molecule has 3 heterocycles. The van der Waals surface area contributed by atoms with Crippen LogP contribution in [0.3, 0.4) is 0 Å². The van der Waals surface area contributed by atoms with Crippen molar-refractivity contribution in [3.8, 4) is 0 Å². The van der Waals surface area contributed by atoms with Gasteiger partial charge in [-0.3, -0.25) is 0 Å². The molecule has 1 aliphatic heterocycles. The quantitative estimate of drug-likeness (QED) is 0.882. The average Bonchev–Trinajstić information content (AvgIpc) is 3.08. The topological polar surface area (TPSA) is 64.9 Å². The molecular formula is C18H27N5O. The van der Waals surface area contributed by atoms with Crippen molar-refractivity contribution in [1.82, 2.24) is 19.5 Å². The van der Waals surface area contributed by atoms with Crippen molar-refractivity contribution in [3.05, 3.63) is 35.8 Å². The predicted molar refractivity (Wildman–Crippen MR) is 94.0 cm³/mol. The maximum atomic E-state index is 5.55. The van der Waals surface area contributed by atoms with Crippen LogP contribution in [0.25, 0.3) is 0 Å². The molecule has 6 nitrogen and oxygen atoms in total. The fourth-order valence-corrected chi connectivity index (χ4v) is 3.35. The molecule has 0 radical (unpaired) electrons. The number of hydrogen-bond acceptors (Lipinski definition) is 5. The van der Waals surface area contributed by atoms with E-state index in [0.717, 1.165) is 62.2 Å². The van der Waals surface area contributed by atoms with E-state index in [9.17, 15) is 0 Å². The Morgan fingerprint density at radius 3 is 2.79 bits per heavy atom. The largest absolute Gasteiger partial charge is 0.381 e. The smallest absolute Gasteiger partial charge is 0.131 e. The maximum Gasteiger partial charge on any atom is 0.131 e. The van der Waals surface area contributed by atoms with Crippen molar-refractivity contribution in [2.24, 2.45) is 5.92 Å². The Kier molecular flexibility index (Phi) is 5.45. The third-order valence-electron chi connectivity index (χ3n) is 4.66. The van der Waals surface area contributed by atoms with Crippen molar-refractivity contribution in [3.63, 3.8) is 0 Å². The zero-order valence-corrected chi connectivity index (χ0v) is 14.8. The van der Waals surface area contributed by atoms with Gasteiger partial charge in [-0.1, -0.05) is 6.92 Å². The number of imidazole rings is 1. The average molecular weight is 329 g/mol. The van der Waals surface area contributed by atoms with E-state index < -0.39 is 0 Å². The molecule has 0 spiro atoms. The van der Waals surface area contributed by atoms with Crippen LogP contribution in [0.15, 0.2) is 18.5 Å². The van der Waals surface area contributed by atoms with E-state index in [1.54, 1.807) is 0 Å². The molecule has 2 aromatic rings. The monoisotopic (exact) mass is 329 g/mol. The lowest BCUT2D eigenvalue weighted by molar-refractivity contribution is 0.0593. The molecule has 1 atom stereocenters. The normalized spacial score (nSPS) is 17.0. The first-order chi connectivity index (χ1) is 11.7. The van der Waals surface area contributed by atoms with Gasteiger partial charge >= 0.3 is 0 Å². The van der Waals surface area contributed by atoms with Crippen molar-refractivity contribution >= 4 is 5.82 Å². The Hall–Kier alpha value is -1.95. The Morgan fingerprint density at radius 2 is 2.08 bits per heavy atom. The SMILES string of the molecule is CCc1cc(NC(c2nccn2CC)C2CCOCC2)nc(C)n1. The molecule has 130 valence electrons. The third-order valence-corrected chi connectivity index (χ3v) is 4.66. The summed E-state index contributed by atoms with van der Waals surface area (Å²) in [5.41, 5.74) is 1.06. The molecule has 0 bridgehead atoms. The fraction of sp³-hybridized carbons (Fsp3) is 0.611. The van der Waals surface area contributed by atoms with E-state index in [-0.39, 0.29) is 6.04 Å². The van der Waals surface area contributed by atoms with Crippen molar-refractivity contribution in [1.29, 1.82) is 0 Å². The molecule has 0 aliphatic carbocycles. The van der Waals surface area contributed by atoms with E-state index in [4.69, 9.17) is 4.74 Å². The van der Waals surface area contributed by atoms with Gasteiger partial charge in [0.25, 0.3) is 0 Å². The zero-order valence-electron chi connectivity index (χ0n) is 14.8. The molecule has 24 heavy (non-hydrogen) atoms. The van der Waals surface area contributed by atoms with Gasteiger partial charge in [0.15, 0.2) is 0 Å². The summed E-state index contributed by atoms with van der Waals surface area (Å²) in [6.45, 7) is 8.76. The Bertz CT molecular complexity index is 663. The van der Waals surface area contributed by atoms with Gasteiger partial charge in [-0.25, -0.2) is 15.0 Å². The lowest BCUT2D eigenvalue weighted by Gasteiger charge is -2.31. The van der Waals surface area contributed by atoms with Gasteiger partial charge in [-0.2, -0.15) is 0 Å². The second kappa shape index (κ2) is 7.75. The van der Waals surface area contributed by atoms with E-state index in [1.165, 1.54) is 0 Å². The summed E-state index contributed by atoms with van der Waals surface area (Å²) in [4.78, 5) is 13.7. The van der Waals surface area contributed by atoms with Crippen LogP contribution in [0.1, 0.15) is 50.1 Å². The molecule has 1 aliphatic rings. The van der Waals surface area contributed by atoms with E-state index in [0.29, 0.717) is 5.92 Å². The number of hydrogen-bond donors (Lipinski definition) is 1. The summed E-state index contributed by atoms with van der Waals surface area (Å²) in [5, 5.41) is 3.65. The summed E-state index contributed by atoms with van der Waals surface area (Å²) >= 11 is 0. The highest BCUT2D eigenvalue weighted by molar-refractivity contribution is 5.38. The first-order valence-electron chi connectivity index (χ1n) is 8.91. The van der Waals surface area contributed by atoms with Crippen molar-refractivity contribution in [2.45, 2.75) is 52.6 Å². The third kappa shape index (κ3) is 3.75. The van der Waals surface area contributed by atoms with Gasteiger partial charge in [0.1, 0.15) is 17.5 Å². The summed E-state index contributed by atoms with van der Waals surface area (Å²) in [5.74, 6) is 3.27. The van der Waals surface area contributed by atoms with Crippen LogP contribution in [0.5, 0.6) is 0 Å². The first-order valence-corrected chi connectivity index (χ1v) is 8.91. The highest BCUT2D eigenvalue weighted by Crippen LogP contribution is 2.32. The minimum Gasteiger partial charge on any atom is -0.381 e. The van der Waals surface area contributed by atoms with Crippen LogP contribution >= 0.6 is 0 Å². The molecule has 1 N–H and O–H groups in total. The molecule has 1 fully saturated rings. The lowest BCUT2D eigenvalue weighted by Crippen LogP contribution is -2.29. The van der Waals surface area contributed by atoms with Crippen molar-refractivity contribution in [2.75, 3.05) is 18.5 Å². The van der Waals surface area contributed by atoms with Crippen LogP contribution in [-0.2, 0) is 17.7 Å². The van der Waals surface area contributed by atoms with Crippen LogP contribution in [0, 0.1) is 12.8 Å². The Morgan fingerprint density at radius 1 is 1.29 bits per heavy atom. The molecule has 3 rings (SSSR count). The maximum absolute atomic E-state index is 5.55. The number of aryl methyl sites for hydroxylation is 3. The van der Waals surface area contributed by atoms with E-state index in [1.807, 2.05) is 19.3 Å². The van der Waals surface area contributed by atoms with Crippen LogP contribution in [0.4, 0.5) is 5.82 Å². The Balaban J connectivity index is 1.91. The Labute approximate surface area is 143 Å². The first kappa shape index (κ1) is 16.9. The summed E-state index contributed by atoms with van der Waals surface area (Å²) in [6.07, 6.45) is 6.92. The molecule has 1 saturated heterocycles. The van der Waals surface area contributed by atoms with Crippen LogP contribution in [-0.4, -0.2) is 32.7 Å². The lowest BCUT2D eigenvalue weighted by atomic mass is 9.91. The van der Waals surface area contributed by atoms with Crippen LogP contribution < -0.4 is 5.32 Å². The number of nitrogens with zero attached hydrogens (tertiary/aromatic N) is 4. The number of aromatic nitrogens is 4. The number of nitrogens with one attached hydrogen (secondary N) is 1. The highest BCUT2D eigenvalue weighted by Gasteiger charge is 2.29. The standard InChI is InChI=1S/C18H27N5O/c1-4-15-12-16(21-13(3)20-15)22-17(14-6-10-24-11-7-14)18-19-8-9-23(18)5-2/h8-9,12,14,17H,4-7,10-11H2,1-3H3,(H,20,21,22). The van der Waals surface area contributed by atoms with E-state index >= 15 is 0 Å². The summed E-state index contributed by atoms with van der Waals surface area (Å²) < 4.78 is 7.76. The second-order valence-electron chi connectivity index (χ2n) is 6.29. The molecule has 1 unspecified atom stereocenters. The van der Waals surface area contributed by atoms with E-state index in [2.05, 4.69) is 44.7 Å². The molecule has 2 aromatic heterocycles. The molecule has 0 amide bonds. The number of ether oxygens (including phenoxy) is 1. The summed E-state index contributed by atoms with van der Waals surface area (Å²) in [7, 11) is 0. The number of rotatable bonds is 6. The van der Waals surface area contributed by atoms with Crippen molar-refractivity contribution < 1.29 is 4.74 Å². The van der Waals surface area contributed by atoms with Gasteiger partial charge < -0.3 is 14.6 Å². The zero-order chi connectivity index (χ0) is 16.9. The minimum atomic E-state index is 0.142. The van der Waals surface area contributed by atoms with Gasteiger partial charge in [0, 0.05) is 43.9 Å². The van der Waals surface area contributed by atoms with Gasteiger partial charge in [-0.15, -0.1) is 0 Å². The minimum absolute atomic E-state index is 0.142. The highest BCUT2D eigenvalue weighted by atomic mass is 16.5.